The molecule has 1 aliphatic heterocycles. The van der Waals surface area contributed by atoms with Gasteiger partial charge in [0.15, 0.2) is 5.76 Å². The third-order valence-electron chi connectivity index (χ3n) is 3.43. The summed E-state index contributed by atoms with van der Waals surface area (Å²) in [5.74, 6) is 1.99. The van der Waals surface area contributed by atoms with Crippen molar-refractivity contribution in [3.8, 4) is 17.2 Å². The van der Waals surface area contributed by atoms with Crippen molar-refractivity contribution < 1.29 is 19.0 Å². The first-order valence-electron chi connectivity index (χ1n) is 7.17. The molecule has 0 fully saturated rings. The maximum Gasteiger partial charge on any atom is 0.231 e. The number of carbonyl (C=O) groups is 1. The lowest BCUT2D eigenvalue weighted by molar-refractivity contribution is 0.101. The van der Waals surface area contributed by atoms with Crippen LogP contribution >= 0.6 is 15.9 Å². The molecule has 0 aliphatic carbocycles. The SMILES string of the molecule is CCOc1ccc2c(c1)O/C(=C\c1cc(Br)ccc1OC)C2=O. The van der Waals surface area contributed by atoms with Gasteiger partial charge < -0.3 is 14.2 Å². The van der Waals surface area contributed by atoms with Gasteiger partial charge in [-0.05, 0) is 43.3 Å². The van der Waals surface area contributed by atoms with Crippen LogP contribution in [0.1, 0.15) is 22.8 Å². The lowest BCUT2D eigenvalue weighted by Crippen LogP contribution is -1.98. The van der Waals surface area contributed by atoms with Gasteiger partial charge in [0.2, 0.25) is 5.78 Å². The first-order chi connectivity index (χ1) is 11.1. The highest BCUT2D eigenvalue weighted by Crippen LogP contribution is 2.36. The molecule has 4 nitrogen and oxygen atoms in total. The number of fused-ring (bicyclic) bond motifs is 1. The molecule has 0 bridgehead atoms. The molecule has 0 N–H and O–H groups in total. The smallest absolute Gasteiger partial charge is 0.231 e. The fourth-order valence-corrected chi connectivity index (χ4v) is 2.76. The summed E-state index contributed by atoms with van der Waals surface area (Å²) in [6.45, 7) is 2.47. The highest BCUT2D eigenvalue weighted by atomic mass is 79.9. The number of hydrogen-bond acceptors (Lipinski definition) is 4. The molecule has 1 aliphatic rings. The molecule has 2 aromatic carbocycles. The summed E-state index contributed by atoms with van der Waals surface area (Å²) < 4.78 is 17.4. The minimum absolute atomic E-state index is 0.148. The van der Waals surface area contributed by atoms with Crippen LogP contribution in [0, 0.1) is 0 Å². The van der Waals surface area contributed by atoms with Crippen LogP contribution in [0.2, 0.25) is 0 Å². The molecule has 0 radical (unpaired) electrons. The highest BCUT2D eigenvalue weighted by molar-refractivity contribution is 9.10. The van der Waals surface area contributed by atoms with E-state index >= 15 is 0 Å². The maximum absolute atomic E-state index is 12.5. The molecule has 0 aromatic heterocycles. The van der Waals surface area contributed by atoms with Gasteiger partial charge in [-0.25, -0.2) is 0 Å². The summed E-state index contributed by atoms with van der Waals surface area (Å²) in [6.07, 6.45) is 1.69. The van der Waals surface area contributed by atoms with Crippen LogP contribution in [0.5, 0.6) is 17.2 Å². The minimum Gasteiger partial charge on any atom is -0.496 e. The van der Waals surface area contributed by atoms with Gasteiger partial charge in [0.25, 0.3) is 0 Å². The van der Waals surface area contributed by atoms with Crippen molar-refractivity contribution >= 4 is 27.8 Å². The van der Waals surface area contributed by atoms with Gasteiger partial charge >= 0.3 is 0 Å². The van der Waals surface area contributed by atoms with E-state index in [4.69, 9.17) is 14.2 Å². The summed E-state index contributed by atoms with van der Waals surface area (Å²) in [7, 11) is 1.59. The zero-order chi connectivity index (χ0) is 16.4. The average molecular weight is 375 g/mol. The second kappa shape index (κ2) is 6.46. The van der Waals surface area contributed by atoms with Gasteiger partial charge in [-0.15, -0.1) is 0 Å². The average Bonchev–Trinajstić information content (AvgIpc) is 2.84. The van der Waals surface area contributed by atoms with E-state index in [0.717, 1.165) is 10.0 Å². The first-order valence-corrected chi connectivity index (χ1v) is 7.96. The number of Topliss-reactive ketones (excluding diaryl/α,β-unsaturated/α-hetero) is 1. The van der Waals surface area contributed by atoms with E-state index in [1.807, 2.05) is 25.1 Å². The Morgan fingerprint density at radius 1 is 1.22 bits per heavy atom. The fraction of sp³-hybridized carbons (Fsp3) is 0.167. The van der Waals surface area contributed by atoms with E-state index < -0.39 is 0 Å². The zero-order valence-electron chi connectivity index (χ0n) is 12.8. The lowest BCUT2D eigenvalue weighted by Gasteiger charge is -2.06. The van der Waals surface area contributed by atoms with Gasteiger partial charge in [0, 0.05) is 16.1 Å². The number of halogens is 1. The van der Waals surface area contributed by atoms with Crippen molar-refractivity contribution in [1.29, 1.82) is 0 Å². The molecule has 0 amide bonds. The standard InChI is InChI=1S/C18H15BrO4/c1-3-22-13-5-6-14-16(10-13)23-17(18(14)20)9-11-8-12(19)4-7-15(11)21-2/h4-10H,3H2,1-2H3/b17-9-. The van der Waals surface area contributed by atoms with Gasteiger partial charge in [-0.1, -0.05) is 15.9 Å². The number of carbonyl (C=O) groups excluding carboxylic acids is 1. The van der Waals surface area contributed by atoms with Gasteiger partial charge in [-0.3, -0.25) is 4.79 Å². The minimum atomic E-state index is -0.148. The summed E-state index contributed by atoms with van der Waals surface area (Å²) >= 11 is 3.42. The number of rotatable bonds is 4. The largest absolute Gasteiger partial charge is 0.496 e. The number of ether oxygens (including phenoxy) is 3. The Morgan fingerprint density at radius 3 is 2.78 bits per heavy atom. The molecule has 2 aromatic rings. The molecule has 118 valence electrons. The molecule has 5 heteroatoms. The van der Waals surface area contributed by atoms with Gasteiger partial charge in [0.1, 0.15) is 17.2 Å². The third kappa shape index (κ3) is 3.10. The third-order valence-corrected chi connectivity index (χ3v) is 3.92. The Bertz CT molecular complexity index is 796. The van der Waals surface area contributed by atoms with E-state index in [1.165, 1.54) is 0 Å². The number of benzene rings is 2. The predicted molar refractivity (Wildman–Crippen MR) is 91.2 cm³/mol. The highest BCUT2D eigenvalue weighted by Gasteiger charge is 2.28. The summed E-state index contributed by atoms with van der Waals surface area (Å²) in [6, 6.07) is 10.8. The van der Waals surface area contributed by atoms with Crippen molar-refractivity contribution in [2.24, 2.45) is 0 Å². The summed E-state index contributed by atoms with van der Waals surface area (Å²) in [4.78, 5) is 12.5. The van der Waals surface area contributed by atoms with Crippen LogP contribution in [0.15, 0.2) is 46.6 Å². The van der Waals surface area contributed by atoms with Crippen LogP contribution in [-0.4, -0.2) is 19.5 Å². The Labute approximate surface area is 142 Å². The molecule has 0 spiro atoms. The second-order valence-corrected chi connectivity index (χ2v) is 5.83. The van der Waals surface area contributed by atoms with Crippen molar-refractivity contribution in [1.82, 2.24) is 0 Å². The van der Waals surface area contributed by atoms with Crippen molar-refractivity contribution in [2.45, 2.75) is 6.92 Å². The van der Waals surface area contributed by atoms with Crippen LogP contribution in [-0.2, 0) is 0 Å². The first kappa shape index (κ1) is 15.6. The van der Waals surface area contributed by atoms with Crippen LogP contribution < -0.4 is 14.2 Å². The normalized spacial score (nSPS) is 14.6. The number of allylic oxidation sites excluding steroid dienone is 1. The number of methoxy groups -OCH3 is 1. The van der Waals surface area contributed by atoms with Crippen LogP contribution in [0.4, 0.5) is 0 Å². The molecule has 23 heavy (non-hydrogen) atoms. The number of ketones is 1. The fourth-order valence-electron chi connectivity index (χ4n) is 2.38. The second-order valence-electron chi connectivity index (χ2n) is 4.92. The van der Waals surface area contributed by atoms with E-state index in [2.05, 4.69) is 15.9 Å². The Balaban J connectivity index is 1.97. The van der Waals surface area contributed by atoms with E-state index in [0.29, 0.717) is 29.4 Å². The Kier molecular flexibility index (Phi) is 4.39. The molecule has 0 atom stereocenters. The molecular weight excluding hydrogens is 360 g/mol. The molecule has 1 heterocycles. The molecule has 0 unspecified atom stereocenters. The van der Waals surface area contributed by atoms with Crippen molar-refractivity contribution in [3.05, 3.63) is 57.8 Å². The Morgan fingerprint density at radius 2 is 2.04 bits per heavy atom. The maximum atomic E-state index is 12.5. The quantitative estimate of drug-likeness (QED) is 0.740. The summed E-state index contributed by atoms with van der Waals surface area (Å²) in [5.41, 5.74) is 1.30. The predicted octanol–water partition coefficient (Wildman–Crippen LogP) is 4.47. The lowest BCUT2D eigenvalue weighted by atomic mass is 10.1. The van der Waals surface area contributed by atoms with Gasteiger partial charge in [0.05, 0.1) is 19.3 Å². The topological polar surface area (TPSA) is 44.8 Å². The van der Waals surface area contributed by atoms with E-state index in [9.17, 15) is 4.79 Å². The van der Waals surface area contributed by atoms with Crippen molar-refractivity contribution in [3.63, 3.8) is 0 Å². The van der Waals surface area contributed by atoms with Gasteiger partial charge in [-0.2, -0.15) is 0 Å². The van der Waals surface area contributed by atoms with Crippen LogP contribution in [0.25, 0.3) is 6.08 Å². The zero-order valence-corrected chi connectivity index (χ0v) is 14.3. The molecular formula is C18H15BrO4. The molecule has 0 saturated heterocycles. The monoisotopic (exact) mass is 374 g/mol. The van der Waals surface area contributed by atoms with E-state index in [-0.39, 0.29) is 11.5 Å². The van der Waals surface area contributed by atoms with E-state index in [1.54, 1.807) is 31.4 Å². The van der Waals surface area contributed by atoms with Crippen LogP contribution in [0.3, 0.4) is 0 Å². The van der Waals surface area contributed by atoms with Crippen molar-refractivity contribution in [2.75, 3.05) is 13.7 Å². The molecule has 3 rings (SSSR count). The Hall–Kier alpha value is -2.27. The summed E-state index contributed by atoms with van der Waals surface area (Å²) in [5, 5.41) is 0. The molecule has 0 saturated carbocycles. The number of hydrogen-bond donors (Lipinski definition) is 0.